The van der Waals surface area contributed by atoms with Gasteiger partial charge in [0, 0.05) is 38.5 Å². The summed E-state index contributed by atoms with van der Waals surface area (Å²) < 4.78 is 2.29. The fourth-order valence-corrected chi connectivity index (χ4v) is 7.85. The number of nitrogens with zero attached hydrogens (tertiary/aromatic N) is 4. The molecule has 1 N–H and O–H groups in total. The van der Waals surface area contributed by atoms with Crippen LogP contribution in [0.4, 0.5) is 17.1 Å². The van der Waals surface area contributed by atoms with Crippen LogP contribution in [0.5, 0.6) is 0 Å². The summed E-state index contributed by atoms with van der Waals surface area (Å²) in [6.45, 7) is 20.2. The quantitative estimate of drug-likeness (QED) is 0.118. The van der Waals surface area contributed by atoms with Gasteiger partial charge in [-0.2, -0.15) is 46.4 Å². The minimum absolute atomic E-state index is 0. The molecule has 0 bridgehead atoms. The molecule has 5 aromatic carbocycles. The molecule has 3 heterocycles. The smallest absolute Gasteiger partial charge is 0.145 e. The van der Waals surface area contributed by atoms with E-state index in [-0.39, 0.29) is 26.6 Å². The Morgan fingerprint density at radius 1 is 0.648 bits per heavy atom. The topological polar surface area (TPSA) is 37.1 Å². The molecule has 0 radical (unpaired) electrons. The van der Waals surface area contributed by atoms with E-state index >= 15 is 0 Å². The van der Waals surface area contributed by atoms with Crippen molar-refractivity contribution in [2.24, 2.45) is 0 Å². The van der Waals surface area contributed by atoms with Crippen LogP contribution in [0.2, 0.25) is 0 Å². The van der Waals surface area contributed by atoms with Gasteiger partial charge in [-0.25, -0.2) is 4.98 Å². The van der Waals surface area contributed by atoms with Gasteiger partial charge in [-0.05, 0) is 96.0 Å². The maximum Gasteiger partial charge on any atom is 0.145 e. The molecule has 2 aromatic heterocycles. The maximum atomic E-state index is 5.08. The molecule has 5 nitrogen and oxygen atoms in total. The first-order chi connectivity index (χ1) is 25.3. The summed E-state index contributed by atoms with van der Waals surface area (Å²) in [5.74, 6) is 1.68. The summed E-state index contributed by atoms with van der Waals surface area (Å²) in [5.41, 5.74) is 12.0. The van der Waals surface area contributed by atoms with Crippen LogP contribution in [0.25, 0.3) is 38.8 Å². The largest absolute Gasteiger partial charge is 0.319 e. The van der Waals surface area contributed by atoms with Gasteiger partial charge in [0.05, 0.1) is 0 Å². The first-order valence-electron chi connectivity index (χ1n) is 18.8. The molecule has 6 heteroatoms. The van der Waals surface area contributed by atoms with Crippen LogP contribution in [0.1, 0.15) is 96.4 Å². The van der Waals surface area contributed by atoms with Crippen LogP contribution in [-0.2, 0) is 26.5 Å². The maximum absolute atomic E-state index is 5.08. The van der Waals surface area contributed by atoms with E-state index in [1.165, 1.54) is 27.6 Å². The molecule has 1 aliphatic rings. The molecule has 54 heavy (non-hydrogen) atoms. The third kappa shape index (κ3) is 6.36. The monoisotopic (exact) mass is 892 g/mol. The van der Waals surface area contributed by atoms with E-state index in [4.69, 9.17) is 9.92 Å². The molecular weight excluding hydrogens is 844 g/mol. The fraction of sp³-hybridized carbons (Fsp3) is 0.271. The van der Waals surface area contributed by atoms with Gasteiger partial charge in [0.15, 0.2) is 0 Å². The second-order valence-corrected chi connectivity index (χ2v) is 16.5. The zero-order chi connectivity index (χ0) is 37.2. The minimum Gasteiger partial charge on any atom is -0.319 e. The molecule has 0 unspecified atom stereocenters. The Bertz CT molecular complexity index is 2460. The molecular formula is C48H49N4OPt-. The summed E-state index contributed by atoms with van der Waals surface area (Å²) in [4.78, 5) is 10.1. The van der Waals surface area contributed by atoms with E-state index in [1.807, 2.05) is 11.3 Å². The Labute approximate surface area is 334 Å². The van der Waals surface area contributed by atoms with E-state index in [2.05, 4.69) is 193 Å². The van der Waals surface area contributed by atoms with Crippen molar-refractivity contribution in [3.8, 4) is 16.9 Å². The number of hydrogen-bond acceptors (Lipinski definition) is 3. The average Bonchev–Trinajstić information content (AvgIpc) is 3.71. The molecule has 0 spiro atoms. The van der Waals surface area contributed by atoms with Crippen molar-refractivity contribution in [2.45, 2.75) is 85.1 Å². The standard InChI is InChI=1S/C48H48N4O.Pt/c1-31(2)37-19-15-20-38(32(3)4)46(37)33-26-27-49-45(28-33)50-41-21-11-10-18-39(41)40-25-24-35(30-44(40)50)48(8,9)34-16-14-17-36(29-34)51-42-22-12-13-23-43(42)52(53-51)47(5,6)7;/h10-28,31-32H,1-9H3;/q-2;/p+1. The summed E-state index contributed by atoms with van der Waals surface area (Å²) >= 11 is 0. The van der Waals surface area contributed by atoms with Gasteiger partial charge in [0.2, 0.25) is 0 Å². The van der Waals surface area contributed by atoms with Crippen molar-refractivity contribution in [3.63, 3.8) is 0 Å². The third-order valence-electron chi connectivity index (χ3n) is 10.7. The van der Waals surface area contributed by atoms with E-state index in [9.17, 15) is 0 Å². The Morgan fingerprint density at radius 2 is 1.30 bits per heavy atom. The summed E-state index contributed by atoms with van der Waals surface area (Å²) in [7, 11) is 0. The van der Waals surface area contributed by atoms with Crippen molar-refractivity contribution in [1.29, 1.82) is 0 Å². The molecule has 0 aliphatic carbocycles. The molecule has 0 saturated heterocycles. The number of rotatable bonds is 7. The number of hydrogen-bond donors (Lipinski definition) is 0. The summed E-state index contributed by atoms with van der Waals surface area (Å²) in [6.07, 6.45) is 1.96. The van der Waals surface area contributed by atoms with Gasteiger partial charge in [0.25, 0.3) is 0 Å². The van der Waals surface area contributed by atoms with Crippen molar-refractivity contribution in [1.82, 2.24) is 9.55 Å². The number of hydroxylamine groups is 1. The van der Waals surface area contributed by atoms with Crippen molar-refractivity contribution in [3.05, 3.63) is 150 Å². The molecule has 278 valence electrons. The van der Waals surface area contributed by atoms with Crippen LogP contribution < -0.4 is 10.1 Å². The third-order valence-corrected chi connectivity index (χ3v) is 10.7. The van der Waals surface area contributed by atoms with Gasteiger partial charge in [0.1, 0.15) is 22.7 Å². The van der Waals surface area contributed by atoms with E-state index in [1.54, 1.807) is 0 Å². The van der Waals surface area contributed by atoms with E-state index < -0.39 is 5.41 Å². The second kappa shape index (κ2) is 14.2. The van der Waals surface area contributed by atoms with Gasteiger partial charge in [-0.15, -0.1) is 27.6 Å². The predicted octanol–water partition coefficient (Wildman–Crippen LogP) is 12.6. The van der Waals surface area contributed by atoms with Crippen LogP contribution in [0, 0.1) is 12.1 Å². The van der Waals surface area contributed by atoms with Crippen molar-refractivity contribution >= 4 is 38.9 Å². The minimum atomic E-state index is -0.411. The van der Waals surface area contributed by atoms with Gasteiger partial charge in [-0.3, -0.25) is 0 Å². The van der Waals surface area contributed by atoms with Gasteiger partial charge < -0.3 is 4.57 Å². The first-order valence-corrected chi connectivity index (χ1v) is 18.8. The predicted molar refractivity (Wildman–Crippen MR) is 221 cm³/mol. The zero-order valence-electron chi connectivity index (χ0n) is 32.7. The number of benzene rings is 5. The van der Waals surface area contributed by atoms with Crippen LogP contribution >= 0.6 is 0 Å². The molecule has 0 amide bonds. The average molecular weight is 893 g/mol. The molecule has 8 rings (SSSR count). The SMILES string of the molecule is CC(C)c1cccc(C(C)C)c1-c1ccnc(-n2c3[c-]c(C(C)(C)c4[c-]c(N5[OH+]N(C(C)(C)C)c6ccccc65)ccc4)ccc3c3ccccc32)c1.[Pt]. The Balaban J connectivity index is 0.00000450. The number of fused-ring (bicyclic) bond motifs is 4. The molecule has 0 atom stereocenters. The van der Waals surface area contributed by atoms with Crippen LogP contribution in [0.15, 0.2) is 115 Å². The fourth-order valence-electron chi connectivity index (χ4n) is 7.85. The van der Waals surface area contributed by atoms with Crippen molar-refractivity contribution < 1.29 is 26.0 Å². The second-order valence-electron chi connectivity index (χ2n) is 16.5. The Hall–Kier alpha value is -4.70. The molecule has 0 fully saturated rings. The van der Waals surface area contributed by atoms with Crippen LogP contribution in [-0.4, -0.2) is 20.0 Å². The van der Waals surface area contributed by atoms with Crippen molar-refractivity contribution in [2.75, 3.05) is 10.1 Å². The van der Waals surface area contributed by atoms with Gasteiger partial charge >= 0.3 is 0 Å². The number of pyridine rings is 1. The van der Waals surface area contributed by atoms with Crippen LogP contribution in [0.3, 0.4) is 0 Å². The number of aromatic nitrogens is 2. The zero-order valence-corrected chi connectivity index (χ0v) is 34.9. The number of anilines is 3. The van der Waals surface area contributed by atoms with Gasteiger partial charge in [-0.1, -0.05) is 95.6 Å². The molecule has 0 saturated carbocycles. The summed E-state index contributed by atoms with van der Waals surface area (Å²) in [5, 5.41) is 6.46. The Morgan fingerprint density at radius 3 is 2.00 bits per heavy atom. The Kier molecular flexibility index (Phi) is 9.87. The van der Waals surface area contributed by atoms with E-state index in [0.717, 1.165) is 50.4 Å². The first kappa shape index (κ1) is 37.6. The normalized spacial score (nSPS) is 13.3. The molecule has 7 aromatic rings. The summed E-state index contributed by atoms with van der Waals surface area (Å²) in [6, 6.07) is 46.8. The van der Waals surface area contributed by atoms with E-state index in [0.29, 0.717) is 11.8 Å². The molecule has 1 aliphatic heterocycles. The number of para-hydroxylation sites is 3.